The zero-order valence-corrected chi connectivity index (χ0v) is 22.1. The predicted molar refractivity (Wildman–Crippen MR) is 111 cm³/mol. The minimum absolute atomic E-state index is 0.00472. The maximum absolute atomic E-state index is 12.7. The summed E-state index contributed by atoms with van der Waals surface area (Å²) in [7, 11) is -1.84. The number of carbonyl (C=O) groups is 1. The van der Waals surface area contributed by atoms with Crippen LogP contribution in [0.2, 0.25) is 33.0 Å². The summed E-state index contributed by atoms with van der Waals surface area (Å²) in [5, 5.41) is 0.165. The number of hydrogen-bond acceptors (Lipinski definition) is 3. The van der Waals surface area contributed by atoms with Crippen molar-refractivity contribution in [1.29, 1.82) is 0 Å². The average Bonchev–Trinajstić information content (AvgIpc) is 2.76. The van der Waals surface area contributed by atoms with Gasteiger partial charge in [-0.2, -0.15) is 0 Å². The van der Waals surface area contributed by atoms with E-state index < -0.39 is 32.3 Å². The Morgan fingerprint density at radius 3 is 2.12 bits per heavy atom. The summed E-state index contributed by atoms with van der Waals surface area (Å²) in [6.07, 6.45) is 2.07. The van der Waals surface area contributed by atoms with E-state index in [1.165, 1.54) is 3.59 Å². The van der Waals surface area contributed by atoms with Crippen LogP contribution in [0.3, 0.4) is 0 Å². The van der Waals surface area contributed by atoms with Crippen LogP contribution in [0.5, 0.6) is 0 Å². The van der Waals surface area contributed by atoms with Crippen molar-refractivity contribution in [2.24, 2.45) is 0 Å². The predicted octanol–water partition coefficient (Wildman–Crippen LogP) is 5.43. The molecule has 0 fully saturated rings. The van der Waals surface area contributed by atoms with Crippen LogP contribution in [-0.2, 0) is 9.16 Å². The number of nitrogens with zero attached hydrogens (tertiary/aromatic N) is 1. The molecule has 25 heavy (non-hydrogen) atoms. The Labute approximate surface area is 160 Å². The molecule has 146 valence electrons. The topological polar surface area (TPSA) is 38.8 Å². The van der Waals surface area contributed by atoms with Crippen LogP contribution in [-0.4, -0.2) is 62.5 Å². The van der Waals surface area contributed by atoms with Gasteiger partial charge >= 0.3 is 161 Å². The van der Waals surface area contributed by atoms with E-state index in [-0.39, 0.29) is 17.2 Å². The van der Waals surface area contributed by atoms with E-state index in [4.69, 9.17) is 9.16 Å². The van der Waals surface area contributed by atoms with Gasteiger partial charge < -0.3 is 0 Å². The summed E-state index contributed by atoms with van der Waals surface area (Å²) >= 11 is -2.22. The van der Waals surface area contributed by atoms with Crippen molar-refractivity contribution in [3.8, 4) is 0 Å². The molecule has 0 aromatic heterocycles. The molecule has 0 bridgehead atoms. The first-order valence-corrected chi connectivity index (χ1v) is 22.2. The third-order valence-corrected chi connectivity index (χ3v) is 16.1. The Bertz CT molecular complexity index is 524. The second kappa shape index (κ2) is 7.54. The SMILES string of the molecule is CC(C)(C)OC(=O)N1C[C]([Sn]([CH3])([CH3])[CH3])=C[C@H]1CO[Si](C)(C)C(C)(C)C. The van der Waals surface area contributed by atoms with Crippen molar-refractivity contribution < 1.29 is 14.0 Å². The molecule has 0 aromatic carbocycles. The zero-order valence-electron chi connectivity index (χ0n) is 18.2. The van der Waals surface area contributed by atoms with E-state index in [0.29, 0.717) is 13.2 Å². The first-order chi connectivity index (χ1) is 10.9. The van der Waals surface area contributed by atoms with Crippen LogP contribution in [0.25, 0.3) is 0 Å². The molecule has 0 aromatic rings. The molecular formula is C19H39NO3SiSn. The van der Waals surface area contributed by atoms with Crippen molar-refractivity contribution in [3.05, 3.63) is 9.67 Å². The molecule has 0 spiro atoms. The molecule has 1 rings (SSSR count). The Morgan fingerprint density at radius 1 is 1.20 bits per heavy atom. The molecule has 0 aliphatic carbocycles. The number of amides is 1. The van der Waals surface area contributed by atoms with Crippen LogP contribution < -0.4 is 0 Å². The van der Waals surface area contributed by atoms with Crippen LogP contribution >= 0.6 is 0 Å². The average molecular weight is 476 g/mol. The van der Waals surface area contributed by atoms with Crippen molar-refractivity contribution in [3.63, 3.8) is 0 Å². The van der Waals surface area contributed by atoms with Gasteiger partial charge in [0.05, 0.1) is 0 Å². The second-order valence-corrected chi connectivity index (χ2v) is 30.2. The van der Waals surface area contributed by atoms with E-state index in [0.717, 1.165) is 0 Å². The van der Waals surface area contributed by atoms with E-state index in [1.807, 2.05) is 25.7 Å². The summed E-state index contributed by atoms with van der Waals surface area (Å²) in [5.74, 6) is 0. The van der Waals surface area contributed by atoms with Gasteiger partial charge in [-0.05, 0) is 0 Å². The fraction of sp³-hybridized carbons (Fsp3) is 0.842. The Kier molecular flexibility index (Phi) is 6.95. The van der Waals surface area contributed by atoms with Gasteiger partial charge in [0.25, 0.3) is 0 Å². The molecule has 0 unspecified atom stereocenters. The van der Waals surface area contributed by atoms with Crippen LogP contribution in [0.15, 0.2) is 9.67 Å². The van der Waals surface area contributed by atoms with E-state index in [1.54, 1.807) is 0 Å². The molecule has 1 aliphatic heterocycles. The first-order valence-electron chi connectivity index (χ1n) is 9.29. The molecule has 0 N–H and O–H groups in total. The molecule has 4 nitrogen and oxygen atoms in total. The molecule has 1 aliphatic rings. The second-order valence-electron chi connectivity index (χ2n) is 10.7. The standard InChI is InChI=1S/C16H30NO3Si.3CH3.Sn/c1-15(2,3)20-14(18)17-11-9-10-13(17)12-19-21(7,8)16(4,5)6;;;;/h10,13H,11-12H2,1-8H3;3*1H3;/t13-;;;;/m0..../s1. The van der Waals surface area contributed by atoms with Gasteiger partial charge in [-0.3, -0.25) is 0 Å². The summed E-state index contributed by atoms with van der Waals surface area (Å²) in [6, 6.07) is -0.00472. The van der Waals surface area contributed by atoms with E-state index in [9.17, 15) is 4.79 Å². The van der Waals surface area contributed by atoms with Crippen LogP contribution in [0.1, 0.15) is 41.5 Å². The fourth-order valence-electron chi connectivity index (χ4n) is 2.33. The molecule has 1 heterocycles. The summed E-state index contributed by atoms with van der Waals surface area (Å²) in [4.78, 5) is 21.8. The third kappa shape index (κ3) is 6.58. The quantitative estimate of drug-likeness (QED) is 0.508. The van der Waals surface area contributed by atoms with Gasteiger partial charge in [0.2, 0.25) is 0 Å². The molecular weight excluding hydrogens is 437 g/mol. The first kappa shape index (κ1) is 23.0. The van der Waals surface area contributed by atoms with Crippen molar-refractivity contribution in [1.82, 2.24) is 4.90 Å². The number of rotatable bonds is 4. The van der Waals surface area contributed by atoms with Crippen molar-refractivity contribution in [2.45, 2.75) is 86.1 Å². The summed E-state index contributed by atoms with van der Waals surface area (Å²) < 4.78 is 13.5. The number of hydrogen-bond donors (Lipinski definition) is 0. The Hall–Kier alpha value is -0.0144. The van der Waals surface area contributed by atoms with Gasteiger partial charge in [-0.15, -0.1) is 0 Å². The minimum atomic E-state index is -2.22. The van der Waals surface area contributed by atoms with Crippen LogP contribution in [0.4, 0.5) is 4.79 Å². The summed E-state index contributed by atoms with van der Waals surface area (Å²) in [6.45, 7) is 18.3. The van der Waals surface area contributed by atoms with E-state index in [2.05, 4.69) is 54.8 Å². The van der Waals surface area contributed by atoms with Crippen molar-refractivity contribution >= 4 is 32.8 Å². The normalized spacial score (nSPS) is 19.9. The van der Waals surface area contributed by atoms with Gasteiger partial charge in [-0.1, -0.05) is 0 Å². The van der Waals surface area contributed by atoms with E-state index >= 15 is 0 Å². The maximum atomic E-state index is 12.7. The summed E-state index contributed by atoms with van der Waals surface area (Å²) in [5.41, 5.74) is -0.477. The number of ether oxygens (including phenoxy) is 1. The molecule has 0 radical (unpaired) electrons. The van der Waals surface area contributed by atoms with Gasteiger partial charge in [0.1, 0.15) is 0 Å². The Morgan fingerprint density at radius 2 is 1.72 bits per heavy atom. The number of carbonyl (C=O) groups excluding carboxylic acids is 1. The molecule has 1 atom stereocenters. The molecule has 0 saturated carbocycles. The molecule has 6 heteroatoms. The van der Waals surface area contributed by atoms with Gasteiger partial charge in [-0.25, -0.2) is 0 Å². The molecule has 1 amide bonds. The third-order valence-electron chi connectivity index (χ3n) is 5.15. The zero-order chi connectivity index (χ0) is 19.8. The van der Waals surface area contributed by atoms with Crippen molar-refractivity contribution in [2.75, 3.05) is 13.2 Å². The monoisotopic (exact) mass is 477 g/mol. The van der Waals surface area contributed by atoms with Crippen LogP contribution in [0, 0.1) is 0 Å². The van der Waals surface area contributed by atoms with Gasteiger partial charge in [0, 0.05) is 0 Å². The Balaban J connectivity index is 2.96. The fourth-order valence-corrected chi connectivity index (χ4v) is 7.17. The molecule has 0 saturated heterocycles. The van der Waals surface area contributed by atoms with Gasteiger partial charge in [0.15, 0.2) is 0 Å².